The molecule has 0 radical (unpaired) electrons. The van der Waals surface area contributed by atoms with Crippen LogP contribution in [0.3, 0.4) is 0 Å². The highest BCUT2D eigenvalue weighted by Gasteiger charge is 2.27. The second-order valence-corrected chi connectivity index (χ2v) is 4.10. The topological polar surface area (TPSA) is 79.7 Å². The van der Waals surface area contributed by atoms with Crippen molar-refractivity contribution in [1.82, 2.24) is 9.88 Å². The molecule has 0 aliphatic carbocycles. The number of carboxylic acids is 1. The lowest BCUT2D eigenvalue weighted by Crippen LogP contribution is -2.48. The first-order valence-electron chi connectivity index (χ1n) is 5.88. The molecule has 1 aromatic rings. The summed E-state index contributed by atoms with van der Waals surface area (Å²) in [7, 11) is 0. The van der Waals surface area contributed by atoms with Crippen molar-refractivity contribution >= 4 is 18.0 Å². The molecule has 1 N–H and O–H groups in total. The predicted molar refractivity (Wildman–Crippen MR) is 67.2 cm³/mol. The Morgan fingerprint density at radius 3 is 3.05 bits per heavy atom. The fourth-order valence-electron chi connectivity index (χ4n) is 1.75. The molecule has 100 valence electrons. The van der Waals surface area contributed by atoms with Gasteiger partial charge in [-0.25, -0.2) is 4.79 Å². The van der Waals surface area contributed by atoms with Crippen molar-refractivity contribution in [2.75, 3.05) is 19.7 Å². The molecular formula is C13H14N2O4. The standard InChI is InChI=1S/C13H14N2O4/c16-12(4-3-10-2-1-5-14-8-10)15-6-7-19-11(9-15)13(17)18/h1-5,8,11H,6-7,9H2,(H,17,18)/b4-3+/t11-/m1/s1. The summed E-state index contributed by atoms with van der Waals surface area (Å²) in [5.41, 5.74) is 0.818. The molecule has 1 aliphatic rings. The Morgan fingerprint density at radius 2 is 2.37 bits per heavy atom. The van der Waals surface area contributed by atoms with E-state index in [4.69, 9.17) is 9.84 Å². The van der Waals surface area contributed by atoms with Crippen molar-refractivity contribution in [2.24, 2.45) is 0 Å². The number of carbonyl (C=O) groups excluding carboxylic acids is 1. The Bertz CT molecular complexity index is 487. The Balaban J connectivity index is 1.96. The Labute approximate surface area is 110 Å². The summed E-state index contributed by atoms with van der Waals surface area (Å²) in [6.07, 6.45) is 5.42. The van der Waals surface area contributed by atoms with Crippen LogP contribution in [0.1, 0.15) is 5.56 Å². The third-order valence-corrected chi connectivity index (χ3v) is 2.76. The highest BCUT2D eigenvalue weighted by atomic mass is 16.5. The van der Waals surface area contributed by atoms with E-state index < -0.39 is 12.1 Å². The number of nitrogens with zero attached hydrogens (tertiary/aromatic N) is 2. The van der Waals surface area contributed by atoms with E-state index >= 15 is 0 Å². The van der Waals surface area contributed by atoms with E-state index in [0.717, 1.165) is 5.56 Å². The van der Waals surface area contributed by atoms with Gasteiger partial charge in [0, 0.05) is 25.0 Å². The van der Waals surface area contributed by atoms with E-state index in [1.54, 1.807) is 24.5 Å². The number of hydrogen-bond acceptors (Lipinski definition) is 4. The summed E-state index contributed by atoms with van der Waals surface area (Å²) in [6.45, 7) is 0.717. The number of morpholine rings is 1. The van der Waals surface area contributed by atoms with Gasteiger partial charge >= 0.3 is 5.97 Å². The fraction of sp³-hybridized carbons (Fsp3) is 0.308. The zero-order chi connectivity index (χ0) is 13.7. The molecule has 0 aromatic carbocycles. The van der Waals surface area contributed by atoms with Gasteiger partial charge in [0.1, 0.15) is 0 Å². The molecule has 1 saturated heterocycles. The summed E-state index contributed by atoms with van der Waals surface area (Å²) in [5, 5.41) is 8.86. The van der Waals surface area contributed by atoms with E-state index in [1.807, 2.05) is 6.07 Å². The van der Waals surface area contributed by atoms with Crippen LogP contribution in [0.2, 0.25) is 0 Å². The maximum absolute atomic E-state index is 11.9. The van der Waals surface area contributed by atoms with Gasteiger partial charge < -0.3 is 14.7 Å². The summed E-state index contributed by atoms with van der Waals surface area (Å²) in [4.78, 5) is 28.1. The highest BCUT2D eigenvalue weighted by Crippen LogP contribution is 2.07. The monoisotopic (exact) mass is 262 g/mol. The first-order valence-corrected chi connectivity index (χ1v) is 5.88. The van der Waals surface area contributed by atoms with Crippen molar-refractivity contribution in [3.8, 4) is 0 Å². The van der Waals surface area contributed by atoms with Crippen LogP contribution in [0, 0.1) is 0 Å². The number of carboxylic acid groups (broad SMARTS) is 1. The number of ether oxygens (including phenoxy) is 1. The SMILES string of the molecule is O=C(O)[C@H]1CN(C(=O)/C=C/c2cccnc2)CCO1. The molecule has 2 heterocycles. The lowest BCUT2D eigenvalue weighted by molar-refractivity contribution is -0.158. The van der Waals surface area contributed by atoms with Gasteiger partial charge in [-0.05, 0) is 17.7 Å². The molecule has 6 heteroatoms. The van der Waals surface area contributed by atoms with Crippen LogP contribution >= 0.6 is 0 Å². The minimum atomic E-state index is -1.05. The second-order valence-electron chi connectivity index (χ2n) is 4.10. The molecule has 1 fully saturated rings. The number of rotatable bonds is 3. The normalized spacial score (nSPS) is 19.6. The Morgan fingerprint density at radius 1 is 1.53 bits per heavy atom. The van der Waals surface area contributed by atoms with Gasteiger partial charge in [-0.1, -0.05) is 6.07 Å². The van der Waals surface area contributed by atoms with Crippen LogP contribution < -0.4 is 0 Å². The summed E-state index contributed by atoms with van der Waals surface area (Å²) in [6, 6.07) is 3.61. The number of carbonyl (C=O) groups is 2. The molecule has 1 atom stereocenters. The quantitative estimate of drug-likeness (QED) is 0.798. The lowest BCUT2D eigenvalue weighted by atomic mass is 10.2. The summed E-state index contributed by atoms with van der Waals surface area (Å²) in [5.74, 6) is -1.27. The molecule has 2 rings (SSSR count). The molecular weight excluding hydrogens is 248 g/mol. The Kier molecular flexibility index (Phi) is 4.25. The van der Waals surface area contributed by atoms with Crippen molar-refractivity contribution < 1.29 is 19.4 Å². The van der Waals surface area contributed by atoms with Crippen LogP contribution in [0.25, 0.3) is 6.08 Å². The maximum atomic E-state index is 11.9. The van der Waals surface area contributed by atoms with E-state index in [9.17, 15) is 9.59 Å². The molecule has 0 spiro atoms. The minimum absolute atomic E-state index is 0.0749. The van der Waals surface area contributed by atoms with Gasteiger partial charge in [0.2, 0.25) is 5.91 Å². The number of aromatic nitrogens is 1. The van der Waals surface area contributed by atoms with E-state index in [0.29, 0.717) is 6.54 Å². The number of hydrogen-bond donors (Lipinski definition) is 1. The first kappa shape index (κ1) is 13.2. The van der Waals surface area contributed by atoms with Crippen LogP contribution in [-0.2, 0) is 14.3 Å². The van der Waals surface area contributed by atoms with Crippen molar-refractivity contribution in [2.45, 2.75) is 6.10 Å². The molecule has 1 aliphatic heterocycles. The molecule has 0 bridgehead atoms. The Hall–Kier alpha value is -2.21. The smallest absolute Gasteiger partial charge is 0.334 e. The van der Waals surface area contributed by atoms with Crippen molar-refractivity contribution in [3.05, 3.63) is 36.2 Å². The average Bonchev–Trinajstić information content (AvgIpc) is 2.46. The minimum Gasteiger partial charge on any atom is -0.479 e. The van der Waals surface area contributed by atoms with Crippen LogP contribution in [-0.4, -0.2) is 52.7 Å². The largest absolute Gasteiger partial charge is 0.479 e. The second kappa shape index (κ2) is 6.10. The molecule has 6 nitrogen and oxygen atoms in total. The molecule has 0 saturated carbocycles. The zero-order valence-corrected chi connectivity index (χ0v) is 10.2. The number of pyridine rings is 1. The number of amides is 1. The van der Waals surface area contributed by atoms with Gasteiger partial charge in [0.05, 0.1) is 13.2 Å². The van der Waals surface area contributed by atoms with Gasteiger partial charge in [0.15, 0.2) is 6.10 Å². The highest BCUT2D eigenvalue weighted by molar-refractivity contribution is 5.92. The molecule has 19 heavy (non-hydrogen) atoms. The molecule has 1 aromatic heterocycles. The zero-order valence-electron chi connectivity index (χ0n) is 10.2. The van der Waals surface area contributed by atoms with Gasteiger partial charge in [-0.2, -0.15) is 0 Å². The van der Waals surface area contributed by atoms with E-state index in [-0.39, 0.29) is 19.1 Å². The molecule has 1 amide bonds. The average molecular weight is 262 g/mol. The predicted octanol–water partition coefficient (Wildman–Crippen LogP) is 0.407. The lowest BCUT2D eigenvalue weighted by Gasteiger charge is -2.30. The first-order chi connectivity index (χ1) is 9.16. The van der Waals surface area contributed by atoms with Crippen LogP contribution in [0.4, 0.5) is 0 Å². The van der Waals surface area contributed by atoms with E-state index in [1.165, 1.54) is 11.0 Å². The van der Waals surface area contributed by atoms with Crippen molar-refractivity contribution in [3.63, 3.8) is 0 Å². The molecule has 0 unspecified atom stereocenters. The van der Waals surface area contributed by atoms with Crippen LogP contribution in [0.5, 0.6) is 0 Å². The fourth-order valence-corrected chi connectivity index (χ4v) is 1.75. The maximum Gasteiger partial charge on any atom is 0.334 e. The van der Waals surface area contributed by atoms with Crippen LogP contribution in [0.15, 0.2) is 30.6 Å². The third kappa shape index (κ3) is 3.62. The third-order valence-electron chi connectivity index (χ3n) is 2.76. The summed E-state index contributed by atoms with van der Waals surface area (Å²) < 4.78 is 5.06. The van der Waals surface area contributed by atoms with Gasteiger partial charge in [-0.3, -0.25) is 9.78 Å². The number of aliphatic carboxylic acids is 1. The summed E-state index contributed by atoms with van der Waals surface area (Å²) >= 11 is 0. The van der Waals surface area contributed by atoms with Gasteiger partial charge in [-0.15, -0.1) is 0 Å². The van der Waals surface area contributed by atoms with Crippen molar-refractivity contribution in [1.29, 1.82) is 0 Å². The van der Waals surface area contributed by atoms with E-state index in [2.05, 4.69) is 4.98 Å². The van der Waals surface area contributed by atoms with Gasteiger partial charge in [0.25, 0.3) is 0 Å².